The van der Waals surface area contributed by atoms with Crippen LogP contribution in [0.4, 0.5) is 11.4 Å². The van der Waals surface area contributed by atoms with Gasteiger partial charge in [-0.2, -0.15) is 0 Å². The third kappa shape index (κ3) is 8.03. The van der Waals surface area contributed by atoms with Gasteiger partial charge in [-0.25, -0.2) is 0 Å². The van der Waals surface area contributed by atoms with E-state index in [9.17, 15) is 14.4 Å². The molecule has 4 aromatic carbocycles. The molecule has 42 heavy (non-hydrogen) atoms. The zero-order chi connectivity index (χ0) is 30.2. The highest BCUT2D eigenvalue weighted by Gasteiger charge is 2.18. The third-order valence-electron chi connectivity index (χ3n) is 6.33. The van der Waals surface area contributed by atoms with Crippen LogP contribution in [-0.2, 0) is 9.59 Å². The zero-order valence-corrected chi connectivity index (χ0v) is 25.5. The topological polar surface area (TPSA) is 87.3 Å². The average molecular weight is 619 g/mol. The van der Waals surface area contributed by atoms with Gasteiger partial charge in [0, 0.05) is 21.8 Å². The average Bonchev–Trinajstić information content (AvgIpc) is 2.98. The smallest absolute Gasteiger partial charge is 0.272 e. The Kier molecular flexibility index (Phi) is 10.5. The number of amides is 3. The van der Waals surface area contributed by atoms with E-state index in [0.29, 0.717) is 21.8 Å². The van der Waals surface area contributed by atoms with Crippen LogP contribution in [0.25, 0.3) is 6.08 Å². The van der Waals surface area contributed by atoms with Crippen LogP contribution in [0.1, 0.15) is 34.0 Å². The van der Waals surface area contributed by atoms with E-state index in [0.717, 1.165) is 21.7 Å². The maximum Gasteiger partial charge on any atom is 0.272 e. The minimum atomic E-state index is -0.544. The molecule has 0 aliphatic heterocycles. The number of para-hydroxylation sites is 1. The maximum atomic E-state index is 13.3. The van der Waals surface area contributed by atoms with Crippen LogP contribution in [0.5, 0.6) is 0 Å². The molecule has 0 saturated heterocycles. The number of hydrogen-bond acceptors (Lipinski definition) is 4. The molecule has 0 saturated carbocycles. The normalized spacial score (nSPS) is 11.9. The fourth-order valence-corrected chi connectivity index (χ4v) is 5.27. The molecule has 6 nitrogen and oxygen atoms in total. The lowest BCUT2D eigenvalue weighted by Gasteiger charge is -2.16. The predicted molar refractivity (Wildman–Crippen MR) is 173 cm³/mol. The van der Waals surface area contributed by atoms with Crippen molar-refractivity contribution in [3.63, 3.8) is 0 Å². The van der Waals surface area contributed by atoms with Gasteiger partial charge in [-0.05, 0) is 86.0 Å². The molecular weight excluding hydrogens is 589 g/mol. The zero-order valence-electron chi connectivity index (χ0n) is 23.2. The molecule has 0 aliphatic rings. The van der Waals surface area contributed by atoms with Gasteiger partial charge in [0.2, 0.25) is 5.91 Å². The van der Waals surface area contributed by atoms with E-state index in [-0.39, 0.29) is 21.9 Å². The van der Waals surface area contributed by atoms with Crippen LogP contribution in [0.3, 0.4) is 0 Å². The molecule has 0 aliphatic carbocycles. The molecule has 3 amide bonds. The second-order valence-corrected chi connectivity index (χ2v) is 11.7. The van der Waals surface area contributed by atoms with Crippen molar-refractivity contribution in [2.45, 2.75) is 30.9 Å². The number of thioether (sulfide) groups is 1. The highest BCUT2D eigenvalue weighted by molar-refractivity contribution is 8.00. The van der Waals surface area contributed by atoms with Crippen molar-refractivity contribution in [3.05, 3.63) is 129 Å². The fourth-order valence-electron chi connectivity index (χ4n) is 4.04. The first kappa shape index (κ1) is 30.9. The van der Waals surface area contributed by atoms with Crippen molar-refractivity contribution in [2.24, 2.45) is 0 Å². The molecule has 0 radical (unpaired) electrons. The van der Waals surface area contributed by atoms with E-state index in [2.05, 4.69) is 16.0 Å². The van der Waals surface area contributed by atoms with Gasteiger partial charge < -0.3 is 16.0 Å². The van der Waals surface area contributed by atoms with Crippen molar-refractivity contribution in [1.82, 2.24) is 5.32 Å². The van der Waals surface area contributed by atoms with E-state index in [1.165, 1.54) is 17.8 Å². The second-order valence-electron chi connectivity index (χ2n) is 9.52. The van der Waals surface area contributed by atoms with Gasteiger partial charge in [0.1, 0.15) is 5.70 Å². The molecule has 1 atom stereocenters. The summed E-state index contributed by atoms with van der Waals surface area (Å²) >= 11 is 13.9. The Labute approximate surface area is 259 Å². The summed E-state index contributed by atoms with van der Waals surface area (Å²) in [5.74, 6) is -1.09. The molecule has 3 N–H and O–H groups in total. The highest BCUT2D eigenvalue weighted by Crippen LogP contribution is 2.29. The van der Waals surface area contributed by atoms with Crippen molar-refractivity contribution in [2.75, 3.05) is 10.6 Å². The summed E-state index contributed by atoms with van der Waals surface area (Å²) in [4.78, 5) is 39.9. The second kappa shape index (κ2) is 14.2. The molecule has 0 aromatic heterocycles. The van der Waals surface area contributed by atoms with Gasteiger partial charge in [0.15, 0.2) is 0 Å². The van der Waals surface area contributed by atoms with Gasteiger partial charge in [-0.3, -0.25) is 14.4 Å². The molecule has 4 aromatic rings. The van der Waals surface area contributed by atoms with Crippen molar-refractivity contribution >= 4 is 70.1 Å². The molecule has 0 heterocycles. The summed E-state index contributed by atoms with van der Waals surface area (Å²) in [5, 5.41) is 8.76. The Balaban J connectivity index is 1.46. The first-order chi connectivity index (χ1) is 20.1. The number of carbonyl (C=O) groups excluding carboxylic acids is 3. The Hall–Kier alpha value is -4.04. The monoisotopic (exact) mass is 617 g/mol. The number of benzene rings is 4. The molecular formula is C33H29Cl2N3O3S. The molecule has 0 bridgehead atoms. The number of aryl methyl sites for hydroxylation is 2. The molecule has 9 heteroatoms. The summed E-state index contributed by atoms with van der Waals surface area (Å²) < 4.78 is 0. The molecule has 4 rings (SSSR count). The molecule has 214 valence electrons. The van der Waals surface area contributed by atoms with E-state index in [1.807, 2.05) is 51.1 Å². The van der Waals surface area contributed by atoms with Crippen LogP contribution in [0, 0.1) is 13.8 Å². The SMILES string of the molecule is Cc1cccc(C)c1NC(=O)C(C)Sc1ccc(NC(=O)/C(=C/c2cccc(Cl)c2Cl)NC(=O)c2ccccc2)cc1. The first-order valence-electron chi connectivity index (χ1n) is 13.1. The number of anilines is 2. The largest absolute Gasteiger partial charge is 0.325 e. The number of carbonyl (C=O) groups is 3. The summed E-state index contributed by atoms with van der Waals surface area (Å²) in [5.41, 5.74) is 4.21. The fraction of sp³-hybridized carbons (Fsp3) is 0.121. The third-order valence-corrected chi connectivity index (χ3v) is 8.28. The van der Waals surface area contributed by atoms with Crippen LogP contribution in [-0.4, -0.2) is 23.0 Å². The number of nitrogens with one attached hydrogen (secondary N) is 3. The Morgan fingerprint density at radius 2 is 1.43 bits per heavy atom. The van der Waals surface area contributed by atoms with Gasteiger partial charge in [0.25, 0.3) is 11.8 Å². The Bertz CT molecular complexity index is 1620. The summed E-state index contributed by atoms with van der Waals surface area (Å²) in [6.07, 6.45) is 1.48. The van der Waals surface area contributed by atoms with E-state index in [4.69, 9.17) is 23.2 Å². The lowest BCUT2D eigenvalue weighted by atomic mass is 10.1. The lowest BCUT2D eigenvalue weighted by Crippen LogP contribution is -2.30. The van der Waals surface area contributed by atoms with Crippen LogP contribution in [0.15, 0.2) is 102 Å². The Morgan fingerprint density at radius 1 is 0.786 bits per heavy atom. The predicted octanol–water partition coefficient (Wildman–Crippen LogP) is 8.14. The van der Waals surface area contributed by atoms with E-state index >= 15 is 0 Å². The number of hydrogen-bond donors (Lipinski definition) is 3. The van der Waals surface area contributed by atoms with E-state index < -0.39 is 11.8 Å². The van der Waals surface area contributed by atoms with Crippen LogP contribution >= 0.6 is 35.0 Å². The highest BCUT2D eigenvalue weighted by atomic mass is 35.5. The van der Waals surface area contributed by atoms with Crippen molar-refractivity contribution in [3.8, 4) is 0 Å². The molecule has 1 unspecified atom stereocenters. The summed E-state index contributed by atoms with van der Waals surface area (Å²) in [6.45, 7) is 5.77. The summed E-state index contributed by atoms with van der Waals surface area (Å²) in [6, 6.07) is 26.6. The maximum absolute atomic E-state index is 13.3. The molecule has 0 fully saturated rings. The lowest BCUT2D eigenvalue weighted by molar-refractivity contribution is -0.115. The standard InChI is InChI=1S/C33H29Cl2N3O3S/c1-20-9-7-10-21(2)30(20)38-31(39)22(3)42-26-17-15-25(16-18-26)36-33(41)28(19-24-13-8-14-27(34)29(24)35)37-32(40)23-11-5-4-6-12-23/h4-19,22H,1-3H3,(H,36,41)(H,37,40)(H,38,39)/b28-19-. The summed E-state index contributed by atoms with van der Waals surface area (Å²) in [7, 11) is 0. The molecule has 0 spiro atoms. The first-order valence-corrected chi connectivity index (χ1v) is 14.7. The number of rotatable bonds is 9. The van der Waals surface area contributed by atoms with Gasteiger partial charge in [0.05, 0.1) is 15.3 Å². The minimum absolute atomic E-state index is 0.0109. The van der Waals surface area contributed by atoms with Crippen LogP contribution < -0.4 is 16.0 Å². The Morgan fingerprint density at radius 3 is 2.10 bits per heavy atom. The van der Waals surface area contributed by atoms with Gasteiger partial charge in [-0.15, -0.1) is 11.8 Å². The van der Waals surface area contributed by atoms with Crippen LogP contribution in [0.2, 0.25) is 10.0 Å². The van der Waals surface area contributed by atoms with E-state index in [1.54, 1.807) is 60.7 Å². The van der Waals surface area contributed by atoms with Crippen molar-refractivity contribution < 1.29 is 14.4 Å². The quantitative estimate of drug-likeness (QED) is 0.131. The van der Waals surface area contributed by atoms with Crippen molar-refractivity contribution in [1.29, 1.82) is 0 Å². The van der Waals surface area contributed by atoms with Gasteiger partial charge in [-0.1, -0.05) is 71.7 Å². The number of halogens is 2. The minimum Gasteiger partial charge on any atom is -0.325 e. The van der Waals surface area contributed by atoms with Gasteiger partial charge >= 0.3 is 0 Å².